The largest absolute Gasteiger partial charge is 0.465 e. The standard InChI is InChI=1S/C31H27Cl2F3N4O6/c1-46-28(42)15-5-6-16(23(9-15)40(44)45)12-37-27-24(14-41)39(13-17-11-30(17,35)36)31(25(27)19-3-2-4-21(33)26(19)34)20-8-7-18(32)10-22(20)38-29(31)43/h2-10,17,24-25,27,37,41H,11-14H2,1H3,(H,38,43)/t17?,24-,25-,27+,31+/m0/s1. The van der Waals surface area contributed by atoms with Crippen molar-refractivity contribution in [1.82, 2.24) is 10.2 Å². The van der Waals surface area contributed by atoms with E-state index in [9.17, 15) is 33.6 Å². The molecule has 3 N–H and O–H groups in total. The molecular formula is C31H27Cl2F3N4O6. The normalized spacial score (nSPS) is 26.2. The van der Waals surface area contributed by atoms with E-state index in [1.54, 1.807) is 6.07 Å². The number of aliphatic hydroxyl groups is 1. The molecule has 46 heavy (non-hydrogen) atoms. The third kappa shape index (κ3) is 5.10. The molecule has 2 heterocycles. The number of rotatable bonds is 9. The molecule has 0 bridgehead atoms. The summed E-state index contributed by atoms with van der Waals surface area (Å²) in [6.45, 7) is -1.20. The van der Waals surface area contributed by atoms with Gasteiger partial charge in [0.05, 0.1) is 35.3 Å². The first-order valence-electron chi connectivity index (χ1n) is 14.2. The van der Waals surface area contributed by atoms with Crippen LogP contribution in [0.4, 0.5) is 24.5 Å². The molecule has 1 amide bonds. The summed E-state index contributed by atoms with van der Waals surface area (Å²) >= 11 is 12.5. The molecule has 242 valence electrons. The number of ether oxygens (including phenoxy) is 1. The zero-order valence-electron chi connectivity index (χ0n) is 24.1. The minimum absolute atomic E-state index is 0.0259. The van der Waals surface area contributed by atoms with Gasteiger partial charge in [0.25, 0.3) is 11.6 Å². The van der Waals surface area contributed by atoms with Crippen molar-refractivity contribution in [3.63, 3.8) is 0 Å². The van der Waals surface area contributed by atoms with Crippen LogP contribution >= 0.6 is 23.2 Å². The van der Waals surface area contributed by atoms with E-state index in [0.717, 1.165) is 13.2 Å². The van der Waals surface area contributed by atoms with Gasteiger partial charge >= 0.3 is 5.97 Å². The van der Waals surface area contributed by atoms with E-state index in [1.807, 2.05) is 0 Å². The maximum atomic E-state index is 16.0. The Kier molecular flexibility index (Phi) is 8.26. The number of likely N-dealkylation sites (tertiary alicyclic amines) is 1. The number of alkyl halides is 2. The van der Waals surface area contributed by atoms with Crippen LogP contribution in [0.25, 0.3) is 0 Å². The fraction of sp³-hybridized carbons (Fsp3) is 0.355. The molecule has 6 rings (SSSR count). The van der Waals surface area contributed by atoms with Crippen LogP contribution in [0.1, 0.15) is 39.4 Å². The molecule has 1 aliphatic carbocycles. The molecule has 15 heteroatoms. The van der Waals surface area contributed by atoms with E-state index >= 15 is 4.39 Å². The third-order valence-electron chi connectivity index (χ3n) is 9.17. The highest BCUT2D eigenvalue weighted by Crippen LogP contribution is 2.60. The van der Waals surface area contributed by atoms with Gasteiger partial charge in [-0.2, -0.15) is 0 Å². The van der Waals surface area contributed by atoms with Gasteiger partial charge in [-0.05, 0) is 29.8 Å². The smallest absolute Gasteiger partial charge is 0.338 e. The van der Waals surface area contributed by atoms with Crippen molar-refractivity contribution in [2.24, 2.45) is 5.92 Å². The number of hydrogen-bond acceptors (Lipinski definition) is 8. The van der Waals surface area contributed by atoms with E-state index in [0.29, 0.717) is 11.3 Å². The fourth-order valence-electron chi connectivity index (χ4n) is 6.99. The highest BCUT2D eigenvalue weighted by molar-refractivity contribution is 6.31. The van der Waals surface area contributed by atoms with Gasteiger partial charge < -0.3 is 20.5 Å². The monoisotopic (exact) mass is 678 g/mol. The molecule has 3 aromatic rings. The van der Waals surface area contributed by atoms with Crippen molar-refractivity contribution in [1.29, 1.82) is 0 Å². The van der Waals surface area contributed by atoms with Gasteiger partial charge in [0, 0.05) is 65.3 Å². The van der Waals surface area contributed by atoms with Gasteiger partial charge in [-0.15, -0.1) is 0 Å². The Morgan fingerprint density at radius 2 is 1.96 bits per heavy atom. The molecule has 1 saturated heterocycles. The first-order valence-corrected chi connectivity index (χ1v) is 15.0. The van der Waals surface area contributed by atoms with E-state index < -0.39 is 76.7 Å². The van der Waals surface area contributed by atoms with Gasteiger partial charge in [-0.3, -0.25) is 19.8 Å². The first-order chi connectivity index (χ1) is 21.8. The molecule has 3 aromatic carbocycles. The molecule has 1 saturated carbocycles. The molecule has 1 spiro atoms. The van der Waals surface area contributed by atoms with E-state index in [2.05, 4.69) is 15.4 Å². The maximum Gasteiger partial charge on any atom is 0.338 e. The summed E-state index contributed by atoms with van der Waals surface area (Å²) in [6, 6.07) is 10.5. The van der Waals surface area contributed by atoms with Crippen molar-refractivity contribution in [3.8, 4) is 0 Å². The molecule has 10 nitrogen and oxygen atoms in total. The highest BCUT2D eigenvalue weighted by Gasteiger charge is 2.69. The van der Waals surface area contributed by atoms with Gasteiger partial charge in [-0.25, -0.2) is 18.0 Å². The highest BCUT2D eigenvalue weighted by atomic mass is 35.5. The number of carbonyl (C=O) groups is 2. The van der Waals surface area contributed by atoms with Crippen molar-refractivity contribution >= 4 is 46.5 Å². The number of benzene rings is 3. The SMILES string of the molecule is COC(=O)c1ccc(CN[C@@H]2[C@H](CO)N(CC3CC3(F)F)[C@@]3(C(=O)Nc4cc(Cl)ccc43)[C@H]2c2cccc(Cl)c2F)c([N+](=O)[O-])c1. The first kappa shape index (κ1) is 32.2. The summed E-state index contributed by atoms with van der Waals surface area (Å²) in [4.78, 5) is 39.1. The second-order valence-electron chi connectivity index (χ2n) is 11.6. The molecule has 3 aliphatic rings. The summed E-state index contributed by atoms with van der Waals surface area (Å²) in [7, 11) is 1.14. The molecule has 2 fully saturated rings. The number of amides is 1. The Hall–Kier alpha value is -3.75. The summed E-state index contributed by atoms with van der Waals surface area (Å²) in [5.74, 6) is -7.60. The second kappa shape index (κ2) is 11.8. The number of nitro benzene ring substituents is 1. The Morgan fingerprint density at radius 1 is 1.22 bits per heavy atom. The second-order valence-corrected chi connectivity index (χ2v) is 12.4. The summed E-state index contributed by atoms with van der Waals surface area (Å²) in [6.07, 6.45) is -0.431. The average Bonchev–Trinajstić information content (AvgIpc) is 3.39. The lowest BCUT2D eigenvalue weighted by Gasteiger charge is -2.39. The van der Waals surface area contributed by atoms with E-state index in [4.69, 9.17) is 23.2 Å². The van der Waals surface area contributed by atoms with E-state index in [-0.39, 0.29) is 39.8 Å². The zero-order chi connectivity index (χ0) is 33.1. The number of carbonyl (C=O) groups excluding carboxylic acids is 2. The van der Waals surface area contributed by atoms with Crippen LogP contribution in [0.2, 0.25) is 10.0 Å². The number of nitrogens with one attached hydrogen (secondary N) is 2. The van der Waals surface area contributed by atoms with Gasteiger partial charge in [0.2, 0.25) is 5.91 Å². The molecular weight excluding hydrogens is 652 g/mol. The van der Waals surface area contributed by atoms with Crippen molar-refractivity contribution in [2.45, 2.75) is 42.4 Å². The van der Waals surface area contributed by atoms with Crippen LogP contribution in [0.5, 0.6) is 0 Å². The average molecular weight is 679 g/mol. The Labute approximate surface area is 270 Å². The van der Waals surface area contributed by atoms with Gasteiger partial charge in [0.1, 0.15) is 11.4 Å². The van der Waals surface area contributed by atoms with Crippen LogP contribution in [-0.2, 0) is 21.6 Å². The minimum atomic E-state index is -3.00. The predicted molar refractivity (Wildman–Crippen MR) is 162 cm³/mol. The number of nitrogens with zero attached hydrogens (tertiary/aromatic N) is 2. The number of hydrogen-bond donors (Lipinski definition) is 3. The number of aliphatic hydroxyl groups excluding tert-OH is 1. The number of methoxy groups -OCH3 is 1. The molecule has 0 aromatic heterocycles. The Bertz CT molecular complexity index is 1760. The van der Waals surface area contributed by atoms with Crippen molar-refractivity contribution in [2.75, 3.05) is 25.6 Å². The number of esters is 1. The van der Waals surface area contributed by atoms with Crippen LogP contribution in [0.3, 0.4) is 0 Å². The quantitative estimate of drug-likeness (QED) is 0.159. The minimum Gasteiger partial charge on any atom is -0.465 e. The van der Waals surface area contributed by atoms with E-state index in [1.165, 1.54) is 47.4 Å². The van der Waals surface area contributed by atoms with Crippen molar-refractivity contribution in [3.05, 3.63) is 103 Å². The van der Waals surface area contributed by atoms with Gasteiger partial charge in [0.15, 0.2) is 0 Å². The Morgan fingerprint density at radius 3 is 2.61 bits per heavy atom. The summed E-state index contributed by atoms with van der Waals surface area (Å²) in [5, 5.41) is 28.9. The lowest BCUT2D eigenvalue weighted by molar-refractivity contribution is -0.385. The van der Waals surface area contributed by atoms with Crippen LogP contribution in [0.15, 0.2) is 54.6 Å². The molecule has 5 atom stereocenters. The maximum absolute atomic E-state index is 16.0. The van der Waals surface area contributed by atoms with Crippen LogP contribution in [-0.4, -0.2) is 65.1 Å². The number of halogens is 5. The fourth-order valence-corrected chi connectivity index (χ4v) is 7.34. The van der Waals surface area contributed by atoms with Crippen LogP contribution in [0, 0.1) is 21.8 Å². The number of anilines is 1. The zero-order valence-corrected chi connectivity index (χ0v) is 25.6. The summed E-state index contributed by atoms with van der Waals surface area (Å²) in [5.41, 5.74) is -1.56. The van der Waals surface area contributed by atoms with Crippen LogP contribution < -0.4 is 10.6 Å². The lowest BCUT2D eigenvalue weighted by Crippen LogP contribution is -2.53. The molecule has 1 unspecified atom stereocenters. The molecule has 0 radical (unpaired) electrons. The topological polar surface area (TPSA) is 134 Å². The van der Waals surface area contributed by atoms with Gasteiger partial charge in [-0.1, -0.05) is 47.5 Å². The lowest BCUT2D eigenvalue weighted by atomic mass is 9.73. The third-order valence-corrected chi connectivity index (χ3v) is 9.70. The summed E-state index contributed by atoms with van der Waals surface area (Å²) < 4.78 is 49.6. The number of fused-ring (bicyclic) bond motifs is 2. The van der Waals surface area contributed by atoms with Crippen molar-refractivity contribution < 1.29 is 37.5 Å². The Balaban J connectivity index is 1.53. The predicted octanol–water partition coefficient (Wildman–Crippen LogP) is 5.25. The molecule has 2 aliphatic heterocycles. The number of nitro groups is 1.